The molecule has 146 valence electrons. The molecule has 4 nitrogen and oxygen atoms in total. The van der Waals surface area contributed by atoms with E-state index in [0.29, 0.717) is 0 Å². The molecule has 0 spiro atoms. The highest BCUT2D eigenvalue weighted by atomic mass is 32.1. The monoisotopic (exact) mass is 408 g/mol. The van der Waals surface area contributed by atoms with Crippen LogP contribution in [0.5, 0.6) is 0 Å². The van der Waals surface area contributed by atoms with Crippen LogP contribution >= 0.6 is 12.6 Å². The van der Waals surface area contributed by atoms with Gasteiger partial charge in [-0.2, -0.15) is 12.6 Å². The molecule has 0 saturated carbocycles. The summed E-state index contributed by atoms with van der Waals surface area (Å²) < 4.78 is 2.40. The molecule has 6 rings (SSSR count). The fourth-order valence-electron chi connectivity index (χ4n) is 4.45. The van der Waals surface area contributed by atoms with Crippen molar-refractivity contribution in [1.82, 2.24) is 19.5 Å². The molecule has 6 aromatic rings. The van der Waals surface area contributed by atoms with E-state index in [1.54, 1.807) is 0 Å². The van der Waals surface area contributed by atoms with Gasteiger partial charge in [-0.25, -0.2) is 0 Å². The van der Waals surface area contributed by atoms with Crippen LogP contribution in [0, 0.1) is 0 Å². The van der Waals surface area contributed by atoms with Crippen molar-refractivity contribution < 1.29 is 0 Å². The molecule has 4 aromatic heterocycles. The lowest BCUT2D eigenvalue weighted by atomic mass is 10.1. The number of nitrogens with one attached hydrogen (secondary N) is 1. The van der Waals surface area contributed by atoms with Crippen LogP contribution in [-0.4, -0.2) is 25.3 Å². The molecule has 0 unspecified atom stereocenters. The summed E-state index contributed by atoms with van der Waals surface area (Å²) in [5.41, 5.74) is 7.70. The molecule has 0 fully saturated rings. The highest BCUT2D eigenvalue weighted by molar-refractivity contribution is 7.80. The largest absolute Gasteiger partial charge is 0.353 e. The van der Waals surface area contributed by atoms with Crippen LogP contribution < -0.4 is 0 Å². The predicted molar refractivity (Wildman–Crippen MR) is 128 cm³/mol. The Balaban J connectivity index is 1.55. The van der Waals surface area contributed by atoms with E-state index in [0.717, 1.165) is 51.9 Å². The molecule has 0 saturated heterocycles. The molecular formula is C25H20N4S. The fourth-order valence-corrected chi connectivity index (χ4v) is 4.59. The normalized spacial score (nSPS) is 11.9. The Labute approximate surface area is 179 Å². The van der Waals surface area contributed by atoms with E-state index in [1.165, 1.54) is 21.8 Å². The zero-order valence-corrected chi connectivity index (χ0v) is 17.2. The lowest BCUT2D eigenvalue weighted by molar-refractivity contribution is 0.731. The third-order valence-electron chi connectivity index (χ3n) is 5.85. The maximum Gasteiger partial charge on any atom is 0.0957 e. The SMILES string of the molecule is SCCCn1c2ccccc2c2cnc(-c3ccc4c(c3)[nH]c3cccnc34)cc21. The van der Waals surface area contributed by atoms with Gasteiger partial charge in [-0.3, -0.25) is 9.97 Å². The summed E-state index contributed by atoms with van der Waals surface area (Å²) in [6.45, 7) is 0.948. The van der Waals surface area contributed by atoms with Crippen LogP contribution in [0.15, 0.2) is 73.1 Å². The number of H-pyrrole nitrogens is 1. The van der Waals surface area contributed by atoms with Gasteiger partial charge >= 0.3 is 0 Å². The van der Waals surface area contributed by atoms with Gasteiger partial charge < -0.3 is 9.55 Å². The van der Waals surface area contributed by atoms with Gasteiger partial charge in [0.05, 0.1) is 22.2 Å². The predicted octanol–water partition coefficient (Wildman–Crippen LogP) is 6.21. The highest BCUT2D eigenvalue weighted by Crippen LogP contribution is 2.33. The summed E-state index contributed by atoms with van der Waals surface area (Å²) >= 11 is 4.42. The number of benzene rings is 2. The summed E-state index contributed by atoms with van der Waals surface area (Å²) in [6.07, 6.45) is 4.88. The van der Waals surface area contributed by atoms with Crippen LogP contribution in [-0.2, 0) is 6.54 Å². The van der Waals surface area contributed by atoms with Crippen molar-refractivity contribution >= 4 is 56.4 Å². The minimum Gasteiger partial charge on any atom is -0.353 e. The molecule has 5 heteroatoms. The van der Waals surface area contributed by atoms with E-state index in [2.05, 4.69) is 81.8 Å². The smallest absolute Gasteiger partial charge is 0.0957 e. The van der Waals surface area contributed by atoms with Gasteiger partial charge in [0.2, 0.25) is 0 Å². The van der Waals surface area contributed by atoms with Gasteiger partial charge in [0, 0.05) is 51.7 Å². The fraction of sp³-hybridized carbons (Fsp3) is 0.120. The van der Waals surface area contributed by atoms with E-state index in [9.17, 15) is 0 Å². The molecule has 1 N–H and O–H groups in total. The number of aromatic amines is 1. The molecule has 0 bridgehead atoms. The van der Waals surface area contributed by atoms with Gasteiger partial charge in [0.15, 0.2) is 0 Å². The summed E-state index contributed by atoms with van der Waals surface area (Å²) in [4.78, 5) is 12.8. The van der Waals surface area contributed by atoms with Gasteiger partial charge in [0.1, 0.15) is 0 Å². The molecule has 0 atom stereocenters. The Morgan fingerprint density at radius 3 is 2.70 bits per heavy atom. The lowest BCUT2D eigenvalue weighted by Gasteiger charge is -2.07. The summed E-state index contributed by atoms with van der Waals surface area (Å²) in [5.74, 6) is 0.872. The maximum absolute atomic E-state index is 4.82. The number of thiol groups is 1. The van der Waals surface area contributed by atoms with Crippen LogP contribution in [0.3, 0.4) is 0 Å². The van der Waals surface area contributed by atoms with Gasteiger partial charge in [-0.05, 0) is 48.6 Å². The molecule has 0 amide bonds. The number of fused-ring (bicyclic) bond motifs is 6. The zero-order chi connectivity index (χ0) is 20.1. The number of aryl methyl sites for hydroxylation is 1. The van der Waals surface area contributed by atoms with Crippen molar-refractivity contribution in [1.29, 1.82) is 0 Å². The van der Waals surface area contributed by atoms with Gasteiger partial charge in [-0.1, -0.05) is 24.3 Å². The Morgan fingerprint density at radius 2 is 1.77 bits per heavy atom. The second-order valence-corrected chi connectivity index (χ2v) is 8.06. The lowest BCUT2D eigenvalue weighted by Crippen LogP contribution is -1.98. The Morgan fingerprint density at radius 1 is 0.833 bits per heavy atom. The molecular weight excluding hydrogens is 388 g/mol. The van der Waals surface area contributed by atoms with E-state index in [1.807, 2.05) is 18.5 Å². The van der Waals surface area contributed by atoms with E-state index < -0.39 is 0 Å². The van der Waals surface area contributed by atoms with Crippen molar-refractivity contribution in [3.63, 3.8) is 0 Å². The third-order valence-corrected chi connectivity index (χ3v) is 6.16. The number of para-hydroxylation sites is 1. The first-order chi connectivity index (χ1) is 14.8. The van der Waals surface area contributed by atoms with E-state index in [4.69, 9.17) is 4.98 Å². The van der Waals surface area contributed by atoms with Crippen molar-refractivity contribution in [2.24, 2.45) is 0 Å². The summed E-state index contributed by atoms with van der Waals surface area (Å²) in [7, 11) is 0. The average molecular weight is 409 g/mol. The van der Waals surface area contributed by atoms with Crippen LogP contribution in [0.2, 0.25) is 0 Å². The van der Waals surface area contributed by atoms with Crippen LogP contribution in [0.4, 0.5) is 0 Å². The minimum atomic E-state index is 0.872. The maximum atomic E-state index is 4.82. The number of rotatable bonds is 4. The first-order valence-corrected chi connectivity index (χ1v) is 10.8. The van der Waals surface area contributed by atoms with Crippen LogP contribution in [0.1, 0.15) is 6.42 Å². The second kappa shape index (κ2) is 6.89. The molecule has 0 aliphatic carbocycles. The average Bonchev–Trinajstić information content (AvgIpc) is 3.32. The summed E-state index contributed by atoms with van der Waals surface area (Å²) in [6, 6.07) is 21.3. The van der Waals surface area contributed by atoms with E-state index >= 15 is 0 Å². The van der Waals surface area contributed by atoms with E-state index in [-0.39, 0.29) is 0 Å². The van der Waals surface area contributed by atoms with Crippen molar-refractivity contribution in [3.05, 3.63) is 73.1 Å². The number of nitrogens with zero attached hydrogens (tertiary/aromatic N) is 3. The number of hydrogen-bond donors (Lipinski definition) is 2. The second-order valence-electron chi connectivity index (χ2n) is 7.62. The molecule has 2 aromatic carbocycles. The van der Waals surface area contributed by atoms with Crippen LogP contribution in [0.25, 0.3) is 55.0 Å². The number of pyridine rings is 2. The first kappa shape index (κ1) is 17.5. The molecule has 4 heterocycles. The molecule has 30 heavy (non-hydrogen) atoms. The van der Waals surface area contributed by atoms with Gasteiger partial charge in [0.25, 0.3) is 0 Å². The quantitative estimate of drug-likeness (QED) is 0.341. The van der Waals surface area contributed by atoms with Crippen molar-refractivity contribution in [3.8, 4) is 11.3 Å². The third kappa shape index (κ3) is 2.62. The topological polar surface area (TPSA) is 46.5 Å². The summed E-state index contributed by atoms with van der Waals surface area (Å²) in [5, 5.41) is 3.59. The van der Waals surface area contributed by atoms with Gasteiger partial charge in [-0.15, -0.1) is 0 Å². The number of aromatic nitrogens is 4. The van der Waals surface area contributed by atoms with Crippen molar-refractivity contribution in [2.75, 3.05) is 5.75 Å². The van der Waals surface area contributed by atoms with Crippen molar-refractivity contribution in [2.45, 2.75) is 13.0 Å². The Hall–Kier alpha value is -3.31. The zero-order valence-electron chi connectivity index (χ0n) is 16.3. The number of hydrogen-bond acceptors (Lipinski definition) is 3. The Kier molecular flexibility index (Phi) is 4.03. The molecule has 0 radical (unpaired) electrons. The molecule has 0 aliphatic rings. The standard InChI is InChI=1S/C25H20N4S/c30-12-4-11-29-23-7-2-1-5-17(23)19-15-27-21(14-24(19)29)16-8-9-18-22(13-16)28-20-6-3-10-26-25(18)20/h1-3,5-10,13-15,28,30H,4,11-12H2. The Bertz CT molecular complexity index is 1540. The minimum absolute atomic E-state index is 0.872. The first-order valence-electron chi connectivity index (χ1n) is 10.2. The molecule has 0 aliphatic heterocycles. The highest BCUT2D eigenvalue weighted by Gasteiger charge is 2.13.